The second-order valence-corrected chi connectivity index (χ2v) is 8.38. The molecule has 0 radical (unpaired) electrons. The SMILES string of the molecule is Cc1cc(F)cc(C(=O)N[C@@H](C)CNC(=O)[C@@H]2OC(C)(C)OCC2(C)C)c1F. The average Bonchev–Trinajstić information content (AvgIpc) is 2.58. The molecule has 6 nitrogen and oxygen atoms in total. The van der Waals surface area contributed by atoms with Gasteiger partial charge in [0, 0.05) is 18.0 Å². The standard InChI is InChI=1S/C20H28F2N2O4/c1-11-7-13(21)8-14(15(11)22)17(25)24-12(2)9-23-18(26)16-19(3,4)10-27-20(5,6)28-16/h7-8,12,16H,9-10H2,1-6H3,(H,23,26)(H,24,25)/t12-,16-/m0/s1. The summed E-state index contributed by atoms with van der Waals surface area (Å²) in [4.78, 5) is 24.8. The molecule has 0 aromatic heterocycles. The molecule has 2 amide bonds. The first-order chi connectivity index (χ1) is 12.8. The van der Waals surface area contributed by atoms with Crippen molar-refractivity contribution in [2.45, 2.75) is 59.5 Å². The van der Waals surface area contributed by atoms with Crippen molar-refractivity contribution in [3.8, 4) is 0 Å². The number of hydrogen-bond acceptors (Lipinski definition) is 4. The Balaban J connectivity index is 1.96. The summed E-state index contributed by atoms with van der Waals surface area (Å²) in [6, 6.07) is 1.37. The van der Waals surface area contributed by atoms with Gasteiger partial charge in [-0.15, -0.1) is 0 Å². The first kappa shape index (κ1) is 22.2. The quantitative estimate of drug-likeness (QED) is 0.800. The molecular weight excluding hydrogens is 370 g/mol. The van der Waals surface area contributed by atoms with Crippen LogP contribution >= 0.6 is 0 Å². The molecule has 2 N–H and O–H groups in total. The zero-order valence-electron chi connectivity index (χ0n) is 17.1. The van der Waals surface area contributed by atoms with Crippen molar-refractivity contribution in [1.29, 1.82) is 0 Å². The zero-order valence-corrected chi connectivity index (χ0v) is 17.1. The van der Waals surface area contributed by atoms with Crippen LogP contribution < -0.4 is 10.6 Å². The van der Waals surface area contributed by atoms with Crippen LogP contribution in [0.2, 0.25) is 0 Å². The maximum Gasteiger partial charge on any atom is 0.254 e. The van der Waals surface area contributed by atoms with Crippen molar-refractivity contribution in [1.82, 2.24) is 10.6 Å². The molecule has 1 saturated heterocycles. The number of ether oxygens (including phenoxy) is 2. The Bertz CT molecular complexity index is 765. The van der Waals surface area contributed by atoms with Gasteiger partial charge in [-0.1, -0.05) is 13.8 Å². The van der Waals surface area contributed by atoms with E-state index in [2.05, 4.69) is 10.6 Å². The number of carbonyl (C=O) groups excluding carboxylic acids is 2. The van der Waals surface area contributed by atoms with Crippen molar-refractivity contribution < 1.29 is 27.8 Å². The number of halogens is 2. The molecule has 2 rings (SSSR count). The van der Waals surface area contributed by atoms with Crippen molar-refractivity contribution in [2.24, 2.45) is 5.41 Å². The molecule has 0 spiro atoms. The van der Waals surface area contributed by atoms with Gasteiger partial charge in [-0.3, -0.25) is 9.59 Å². The maximum atomic E-state index is 14.1. The average molecular weight is 398 g/mol. The van der Waals surface area contributed by atoms with E-state index >= 15 is 0 Å². The molecule has 0 aliphatic carbocycles. The van der Waals surface area contributed by atoms with Crippen LogP contribution in [0.5, 0.6) is 0 Å². The van der Waals surface area contributed by atoms with Crippen LogP contribution in [-0.2, 0) is 14.3 Å². The van der Waals surface area contributed by atoms with Crippen LogP contribution in [0, 0.1) is 24.0 Å². The molecule has 28 heavy (non-hydrogen) atoms. The van der Waals surface area contributed by atoms with E-state index in [1.807, 2.05) is 13.8 Å². The predicted octanol–water partition coefficient (Wildman–Crippen LogP) is 2.69. The van der Waals surface area contributed by atoms with E-state index in [4.69, 9.17) is 9.47 Å². The molecule has 0 saturated carbocycles. The Kier molecular flexibility index (Phi) is 6.45. The molecule has 0 unspecified atom stereocenters. The summed E-state index contributed by atoms with van der Waals surface area (Å²) < 4.78 is 38.9. The molecule has 1 fully saturated rings. The number of benzene rings is 1. The first-order valence-corrected chi connectivity index (χ1v) is 9.18. The Morgan fingerprint density at radius 2 is 1.89 bits per heavy atom. The third-order valence-electron chi connectivity index (χ3n) is 4.57. The summed E-state index contributed by atoms with van der Waals surface area (Å²) in [6.45, 7) is 10.7. The molecule has 1 aromatic carbocycles. The smallest absolute Gasteiger partial charge is 0.254 e. The minimum atomic E-state index is -0.871. The fourth-order valence-corrected chi connectivity index (χ4v) is 2.91. The van der Waals surface area contributed by atoms with Crippen molar-refractivity contribution in [3.05, 3.63) is 34.9 Å². The summed E-state index contributed by atoms with van der Waals surface area (Å²) in [5.74, 6) is -3.40. The van der Waals surface area contributed by atoms with Gasteiger partial charge in [-0.2, -0.15) is 0 Å². The second-order valence-electron chi connectivity index (χ2n) is 8.38. The van der Waals surface area contributed by atoms with E-state index in [1.54, 1.807) is 20.8 Å². The predicted molar refractivity (Wildman–Crippen MR) is 99.7 cm³/mol. The summed E-state index contributed by atoms with van der Waals surface area (Å²) in [5, 5.41) is 5.30. The summed E-state index contributed by atoms with van der Waals surface area (Å²) in [5.41, 5.74) is -0.840. The van der Waals surface area contributed by atoms with Gasteiger partial charge in [-0.05, 0) is 45.4 Å². The van der Waals surface area contributed by atoms with Gasteiger partial charge in [0.05, 0.1) is 12.2 Å². The van der Waals surface area contributed by atoms with Crippen LogP contribution in [0.1, 0.15) is 50.5 Å². The number of rotatable bonds is 5. The van der Waals surface area contributed by atoms with Crippen LogP contribution in [0.15, 0.2) is 12.1 Å². The highest BCUT2D eigenvalue weighted by Gasteiger charge is 2.45. The molecule has 2 atom stereocenters. The molecule has 1 aliphatic heterocycles. The van der Waals surface area contributed by atoms with E-state index in [1.165, 1.54) is 6.92 Å². The van der Waals surface area contributed by atoms with Crippen molar-refractivity contribution in [3.63, 3.8) is 0 Å². The Hall–Kier alpha value is -2.06. The number of carbonyl (C=O) groups is 2. The van der Waals surface area contributed by atoms with E-state index < -0.39 is 40.9 Å². The number of hydrogen-bond donors (Lipinski definition) is 2. The first-order valence-electron chi connectivity index (χ1n) is 9.18. The second kappa shape index (κ2) is 8.13. The fraction of sp³-hybridized carbons (Fsp3) is 0.600. The molecule has 1 aromatic rings. The Morgan fingerprint density at radius 1 is 1.25 bits per heavy atom. The van der Waals surface area contributed by atoms with Crippen LogP contribution in [0.4, 0.5) is 8.78 Å². The van der Waals surface area contributed by atoms with Crippen molar-refractivity contribution in [2.75, 3.05) is 13.2 Å². The largest absolute Gasteiger partial charge is 0.352 e. The number of nitrogens with one attached hydrogen (secondary N) is 2. The highest BCUT2D eigenvalue weighted by Crippen LogP contribution is 2.34. The third kappa shape index (κ3) is 5.26. The molecule has 8 heteroatoms. The number of amides is 2. The monoisotopic (exact) mass is 398 g/mol. The molecule has 1 aliphatic rings. The minimum absolute atomic E-state index is 0.0487. The van der Waals surface area contributed by atoms with Crippen molar-refractivity contribution >= 4 is 11.8 Å². The Morgan fingerprint density at radius 3 is 2.54 bits per heavy atom. The van der Waals surface area contributed by atoms with Crippen LogP contribution in [-0.4, -0.2) is 42.9 Å². The van der Waals surface area contributed by atoms with E-state index in [9.17, 15) is 18.4 Å². The van der Waals surface area contributed by atoms with E-state index in [0.717, 1.165) is 12.1 Å². The number of aryl methyl sites for hydroxylation is 1. The highest BCUT2D eigenvalue weighted by atomic mass is 19.1. The minimum Gasteiger partial charge on any atom is -0.352 e. The lowest BCUT2D eigenvalue weighted by atomic mass is 9.85. The highest BCUT2D eigenvalue weighted by molar-refractivity contribution is 5.95. The van der Waals surface area contributed by atoms with E-state index in [-0.39, 0.29) is 23.6 Å². The van der Waals surface area contributed by atoms with Gasteiger partial charge >= 0.3 is 0 Å². The van der Waals surface area contributed by atoms with Gasteiger partial charge in [0.1, 0.15) is 17.7 Å². The van der Waals surface area contributed by atoms with Gasteiger partial charge in [0.2, 0.25) is 5.91 Å². The lowest BCUT2D eigenvalue weighted by Gasteiger charge is -2.44. The lowest BCUT2D eigenvalue weighted by molar-refractivity contribution is -0.304. The third-order valence-corrected chi connectivity index (χ3v) is 4.57. The summed E-state index contributed by atoms with van der Waals surface area (Å²) in [7, 11) is 0. The zero-order chi connectivity index (χ0) is 21.3. The van der Waals surface area contributed by atoms with Gasteiger partial charge in [0.15, 0.2) is 5.79 Å². The molecular formula is C20H28F2N2O4. The summed E-state index contributed by atoms with van der Waals surface area (Å²) in [6.07, 6.45) is -0.720. The maximum absolute atomic E-state index is 14.1. The normalized spacial score (nSPS) is 21.6. The lowest BCUT2D eigenvalue weighted by Crippen LogP contribution is -2.57. The fourth-order valence-electron chi connectivity index (χ4n) is 2.91. The van der Waals surface area contributed by atoms with Gasteiger partial charge in [-0.25, -0.2) is 8.78 Å². The topological polar surface area (TPSA) is 76.7 Å². The molecule has 156 valence electrons. The van der Waals surface area contributed by atoms with E-state index in [0.29, 0.717) is 6.61 Å². The molecule has 1 heterocycles. The molecule has 0 bridgehead atoms. The van der Waals surface area contributed by atoms with Crippen LogP contribution in [0.25, 0.3) is 0 Å². The Labute approximate surface area is 164 Å². The van der Waals surface area contributed by atoms with Crippen LogP contribution in [0.3, 0.4) is 0 Å². The summed E-state index contributed by atoms with van der Waals surface area (Å²) >= 11 is 0. The van der Waals surface area contributed by atoms with Gasteiger partial charge in [0.25, 0.3) is 5.91 Å². The van der Waals surface area contributed by atoms with Gasteiger partial charge < -0.3 is 20.1 Å².